The molecule has 0 aliphatic carbocycles. The highest BCUT2D eigenvalue weighted by Crippen LogP contribution is 2.16. The van der Waals surface area contributed by atoms with Crippen LogP contribution in [0.1, 0.15) is 99.8 Å². The molecule has 0 amide bonds. The monoisotopic (exact) mass is 341 g/mol. The summed E-state index contributed by atoms with van der Waals surface area (Å²) in [4.78, 5) is 0. The molecule has 0 aliphatic rings. The van der Waals surface area contributed by atoms with E-state index in [2.05, 4.69) is 48.5 Å². The van der Waals surface area contributed by atoms with Gasteiger partial charge in [0.2, 0.25) is 0 Å². The average Bonchev–Trinajstić information content (AvgIpc) is 2.62. The summed E-state index contributed by atoms with van der Waals surface area (Å²) < 4.78 is 1.42. The van der Waals surface area contributed by atoms with Gasteiger partial charge in [0.15, 0.2) is 0 Å². The van der Waals surface area contributed by atoms with Gasteiger partial charge in [0.05, 0.1) is 26.2 Å². The fourth-order valence-electron chi connectivity index (χ4n) is 3.71. The van der Waals surface area contributed by atoms with Crippen molar-refractivity contribution in [2.24, 2.45) is 0 Å². The van der Waals surface area contributed by atoms with Crippen LogP contribution in [-0.4, -0.2) is 37.4 Å². The lowest BCUT2D eigenvalue weighted by atomic mass is 9.44. The topological polar surface area (TPSA) is 0 Å². The molecule has 0 bridgehead atoms. The predicted molar refractivity (Wildman–Crippen MR) is 118 cm³/mol. The van der Waals surface area contributed by atoms with Gasteiger partial charge in [0.25, 0.3) is 0 Å². The summed E-state index contributed by atoms with van der Waals surface area (Å²) in [6.45, 7) is 22.2. The molecule has 0 aliphatic heterocycles. The Kier molecular flexibility index (Phi) is 21.2. The Morgan fingerprint density at radius 1 is 0.458 bits per heavy atom. The first-order chi connectivity index (χ1) is 11.6. The quantitative estimate of drug-likeness (QED) is 0.217. The molecule has 0 spiro atoms. The van der Waals surface area contributed by atoms with Gasteiger partial charge in [-0.05, 0) is 32.4 Å². The molecular weight excluding hydrogens is 289 g/mol. The molecule has 0 aromatic rings. The van der Waals surface area contributed by atoms with Gasteiger partial charge in [0.1, 0.15) is 0 Å². The van der Waals surface area contributed by atoms with Crippen molar-refractivity contribution in [1.29, 1.82) is 0 Å². The van der Waals surface area contributed by atoms with E-state index in [0.717, 1.165) is 0 Å². The minimum atomic E-state index is 0.292. The van der Waals surface area contributed by atoms with E-state index in [0.29, 0.717) is 6.71 Å². The predicted octanol–water partition coefficient (Wildman–Crippen LogP) is 7.28. The lowest BCUT2D eigenvalue weighted by Gasteiger charge is -2.39. The van der Waals surface area contributed by atoms with Gasteiger partial charge in [-0.1, -0.05) is 74.1 Å². The molecule has 148 valence electrons. The van der Waals surface area contributed by atoms with E-state index in [-0.39, 0.29) is 0 Å². The highest BCUT2D eigenvalue weighted by molar-refractivity contribution is 6.58. The van der Waals surface area contributed by atoms with Crippen LogP contribution >= 0.6 is 0 Å². The van der Waals surface area contributed by atoms with E-state index in [4.69, 9.17) is 0 Å². The summed E-state index contributed by atoms with van der Waals surface area (Å²) in [5.74, 6) is 0. The van der Waals surface area contributed by atoms with Crippen LogP contribution in [0.4, 0.5) is 0 Å². The molecule has 0 aromatic heterocycles. The molecule has 0 atom stereocenters. The molecule has 0 fully saturated rings. The van der Waals surface area contributed by atoms with Gasteiger partial charge >= 0.3 is 0 Å². The van der Waals surface area contributed by atoms with Crippen molar-refractivity contribution in [2.45, 2.75) is 119 Å². The van der Waals surface area contributed by atoms with Crippen molar-refractivity contribution in [3.05, 3.63) is 0 Å². The van der Waals surface area contributed by atoms with Crippen molar-refractivity contribution in [3.63, 3.8) is 0 Å². The highest BCUT2D eigenvalue weighted by atomic mass is 15.3. The van der Waals surface area contributed by atoms with Crippen molar-refractivity contribution in [3.8, 4) is 0 Å². The van der Waals surface area contributed by atoms with E-state index < -0.39 is 0 Å². The summed E-state index contributed by atoms with van der Waals surface area (Å²) in [5, 5.41) is 0. The fraction of sp³-hybridized carbons (Fsp3) is 1.00. The van der Waals surface area contributed by atoms with Crippen LogP contribution in [0.2, 0.25) is 19.0 Å². The molecule has 0 radical (unpaired) electrons. The second-order valence-corrected chi connectivity index (χ2v) is 8.21. The third kappa shape index (κ3) is 14.4. The molecule has 0 heterocycles. The zero-order valence-corrected chi connectivity index (χ0v) is 18.8. The van der Waals surface area contributed by atoms with Crippen molar-refractivity contribution in [1.82, 2.24) is 0 Å². The normalized spacial score (nSPS) is 11.5. The average molecular weight is 341 g/mol. The van der Waals surface area contributed by atoms with Crippen LogP contribution in [0.3, 0.4) is 0 Å². The molecule has 0 unspecified atom stereocenters. The summed E-state index contributed by atoms with van der Waals surface area (Å²) in [5.41, 5.74) is 0. The van der Waals surface area contributed by atoms with E-state index in [1.165, 1.54) is 101 Å². The summed E-state index contributed by atoms with van der Waals surface area (Å²) in [6.07, 6.45) is 15.4. The molecule has 1 nitrogen and oxygen atoms in total. The number of nitrogens with zero attached hydrogens (tertiary/aromatic N) is 1. The maximum atomic E-state index is 2.33. The first-order valence-corrected chi connectivity index (χ1v) is 11.7. The minimum Gasteiger partial charge on any atom is -0.324 e. The molecule has 0 saturated carbocycles. The molecule has 0 rings (SSSR count). The number of hydrogen-bond acceptors (Lipinski definition) is 0. The second-order valence-electron chi connectivity index (χ2n) is 8.21. The lowest BCUT2D eigenvalue weighted by molar-refractivity contribution is -0.929. The van der Waals surface area contributed by atoms with Crippen molar-refractivity contribution >= 4 is 6.71 Å². The third-order valence-corrected chi connectivity index (χ3v) is 6.07. The smallest absolute Gasteiger partial charge is 0.0786 e. The van der Waals surface area contributed by atoms with Crippen LogP contribution in [0, 0.1) is 0 Å². The van der Waals surface area contributed by atoms with Crippen LogP contribution in [0.5, 0.6) is 0 Å². The van der Waals surface area contributed by atoms with Gasteiger partial charge in [-0.15, -0.1) is 0 Å². The van der Waals surface area contributed by atoms with E-state index in [1.54, 1.807) is 0 Å². The van der Waals surface area contributed by atoms with Gasteiger partial charge in [-0.2, -0.15) is 19.0 Å². The van der Waals surface area contributed by atoms with Gasteiger partial charge in [0, 0.05) is 0 Å². The van der Waals surface area contributed by atoms with Crippen LogP contribution in [0.15, 0.2) is 0 Å². The second kappa shape index (κ2) is 19.4. The summed E-state index contributed by atoms with van der Waals surface area (Å²) >= 11 is 0. The van der Waals surface area contributed by atoms with Crippen molar-refractivity contribution in [2.75, 3.05) is 26.2 Å². The summed E-state index contributed by atoms with van der Waals surface area (Å²) in [7, 11) is 0. The van der Waals surface area contributed by atoms with E-state index in [1.807, 2.05) is 0 Å². The number of rotatable bonds is 15. The SMILES string of the molecule is CCCC[N+](CCCC)(CCCC)CCCC.CC[BH-](CC)CC. The Labute approximate surface area is 156 Å². The summed E-state index contributed by atoms with van der Waals surface area (Å²) in [6, 6.07) is 0. The first kappa shape index (κ1) is 26.3. The van der Waals surface area contributed by atoms with Gasteiger partial charge in [-0.25, -0.2) is 0 Å². The Bertz CT molecular complexity index is 183. The van der Waals surface area contributed by atoms with E-state index >= 15 is 0 Å². The molecule has 24 heavy (non-hydrogen) atoms. The minimum absolute atomic E-state index is 0.292. The molecule has 0 saturated heterocycles. The fourth-order valence-corrected chi connectivity index (χ4v) is 3.71. The highest BCUT2D eigenvalue weighted by Gasteiger charge is 2.24. The maximum Gasteiger partial charge on any atom is 0.0786 e. The Morgan fingerprint density at radius 3 is 0.833 bits per heavy atom. The molecule has 0 aromatic carbocycles. The van der Waals surface area contributed by atoms with E-state index in [9.17, 15) is 0 Å². The molecule has 0 N–H and O–H groups in total. The first-order valence-electron chi connectivity index (χ1n) is 11.7. The zero-order valence-electron chi connectivity index (χ0n) is 18.8. The van der Waals surface area contributed by atoms with Crippen molar-refractivity contribution < 1.29 is 4.48 Å². The van der Waals surface area contributed by atoms with Gasteiger partial charge in [-0.3, -0.25) is 0 Å². The Hall–Kier alpha value is 0.0249. The largest absolute Gasteiger partial charge is 0.324 e. The lowest BCUT2D eigenvalue weighted by Crippen LogP contribution is -2.50. The number of unbranched alkanes of at least 4 members (excludes halogenated alkanes) is 4. The standard InChI is InChI=1S/C16H36N.C6H16B/c1-5-9-13-17(14-10-6-2,15-11-7-3)16-12-8-4;1-4-7(5-2)6-3/h5-16H2,1-4H3;7H,4-6H2,1-3H3/q+1;-1. The van der Waals surface area contributed by atoms with Gasteiger partial charge < -0.3 is 4.48 Å². The Balaban J connectivity index is 0. The molecule has 2 heteroatoms. The van der Waals surface area contributed by atoms with Crippen LogP contribution in [0.25, 0.3) is 0 Å². The maximum absolute atomic E-state index is 2.33. The van der Waals surface area contributed by atoms with Crippen LogP contribution in [-0.2, 0) is 0 Å². The Morgan fingerprint density at radius 2 is 0.708 bits per heavy atom. The molecular formula is C22H52BN. The number of hydrogen-bond donors (Lipinski definition) is 0. The third-order valence-electron chi connectivity index (χ3n) is 6.07. The zero-order chi connectivity index (χ0) is 18.7. The van der Waals surface area contributed by atoms with Crippen LogP contribution < -0.4 is 0 Å². The number of quaternary nitrogens is 1.